The molecule has 3 nitrogen and oxygen atoms in total. The Morgan fingerprint density at radius 1 is 1.35 bits per heavy atom. The first-order chi connectivity index (χ1) is 8.38. The Morgan fingerprint density at radius 3 is 3.18 bits per heavy atom. The number of allylic oxidation sites excluding steroid dienone is 1. The zero-order chi connectivity index (χ0) is 11.7. The molecule has 0 unspecified atom stereocenters. The summed E-state index contributed by atoms with van der Waals surface area (Å²) in [4.78, 5) is 4.16. The zero-order valence-corrected chi connectivity index (χ0v) is 9.69. The van der Waals surface area contributed by atoms with Crippen molar-refractivity contribution in [1.82, 2.24) is 10.3 Å². The number of fused-ring (bicyclic) bond motifs is 1. The van der Waals surface area contributed by atoms with Crippen LogP contribution in [0.2, 0.25) is 0 Å². The summed E-state index contributed by atoms with van der Waals surface area (Å²) in [5, 5.41) is 12.4. The molecule has 1 aliphatic carbocycles. The Morgan fingerprint density at radius 2 is 2.29 bits per heavy atom. The van der Waals surface area contributed by atoms with E-state index in [1.807, 2.05) is 12.3 Å². The summed E-state index contributed by atoms with van der Waals surface area (Å²) < 4.78 is 0. The monoisotopic (exact) mass is 225 g/mol. The van der Waals surface area contributed by atoms with E-state index in [9.17, 15) is 0 Å². The largest absolute Gasteiger partial charge is 0.316 e. The molecule has 0 amide bonds. The van der Waals surface area contributed by atoms with Gasteiger partial charge in [0.05, 0.1) is 5.56 Å². The predicted octanol–water partition coefficient (Wildman–Crippen LogP) is 1.97. The Kier molecular flexibility index (Phi) is 2.66. The number of hydrogen-bond donors (Lipinski definition) is 1. The SMILES string of the molecule is N#Cc1cncc(C2=CCC[C@H]3CNC[C@@H]23)c1. The molecular weight excluding hydrogens is 210 g/mol. The van der Waals surface area contributed by atoms with Crippen molar-refractivity contribution in [3.8, 4) is 6.07 Å². The van der Waals surface area contributed by atoms with Gasteiger partial charge in [-0.3, -0.25) is 4.98 Å². The molecule has 1 fully saturated rings. The van der Waals surface area contributed by atoms with Crippen molar-refractivity contribution in [2.45, 2.75) is 12.8 Å². The summed E-state index contributed by atoms with van der Waals surface area (Å²) in [6.07, 6.45) is 8.26. The van der Waals surface area contributed by atoms with Crippen LogP contribution in [0.5, 0.6) is 0 Å². The average molecular weight is 225 g/mol. The molecule has 0 saturated carbocycles. The van der Waals surface area contributed by atoms with Gasteiger partial charge in [-0.2, -0.15) is 5.26 Å². The van der Waals surface area contributed by atoms with Crippen molar-refractivity contribution in [3.05, 3.63) is 35.7 Å². The lowest BCUT2D eigenvalue weighted by Gasteiger charge is -2.26. The number of nitrogens with one attached hydrogen (secondary N) is 1. The Labute approximate surface area is 101 Å². The maximum Gasteiger partial charge on any atom is 0.101 e. The van der Waals surface area contributed by atoms with E-state index in [1.54, 1.807) is 6.20 Å². The topological polar surface area (TPSA) is 48.7 Å². The highest BCUT2D eigenvalue weighted by molar-refractivity contribution is 5.69. The minimum atomic E-state index is 0.611. The Balaban J connectivity index is 1.97. The standard InChI is InChI=1S/C14H15N3/c15-5-10-4-12(8-16-6-10)13-3-1-2-11-7-17-9-14(11)13/h3-4,6,8,11,14,17H,1-2,7,9H2/t11-,14+/m0/s1. The molecule has 2 aliphatic rings. The summed E-state index contributed by atoms with van der Waals surface area (Å²) in [7, 11) is 0. The van der Waals surface area contributed by atoms with E-state index in [-0.39, 0.29) is 0 Å². The van der Waals surface area contributed by atoms with E-state index in [2.05, 4.69) is 22.4 Å². The lowest BCUT2D eigenvalue weighted by molar-refractivity contribution is 0.454. The molecule has 0 bridgehead atoms. The molecule has 0 radical (unpaired) electrons. The molecular formula is C14H15N3. The van der Waals surface area contributed by atoms with Crippen LogP contribution in [0.25, 0.3) is 5.57 Å². The average Bonchev–Trinajstić information content (AvgIpc) is 2.87. The van der Waals surface area contributed by atoms with E-state index >= 15 is 0 Å². The van der Waals surface area contributed by atoms with E-state index in [0.29, 0.717) is 11.5 Å². The predicted molar refractivity (Wildman–Crippen MR) is 66.0 cm³/mol. The third-order valence-corrected chi connectivity index (χ3v) is 3.84. The molecule has 17 heavy (non-hydrogen) atoms. The van der Waals surface area contributed by atoms with Crippen molar-refractivity contribution in [1.29, 1.82) is 5.26 Å². The lowest BCUT2D eigenvalue weighted by atomic mass is 9.78. The van der Waals surface area contributed by atoms with E-state index in [1.165, 1.54) is 12.0 Å². The van der Waals surface area contributed by atoms with Gasteiger partial charge in [-0.25, -0.2) is 0 Å². The maximum atomic E-state index is 8.93. The van der Waals surface area contributed by atoms with Gasteiger partial charge in [0.1, 0.15) is 6.07 Å². The van der Waals surface area contributed by atoms with E-state index < -0.39 is 0 Å². The van der Waals surface area contributed by atoms with Gasteiger partial charge in [-0.05, 0) is 42.5 Å². The second-order valence-electron chi connectivity index (χ2n) is 4.84. The van der Waals surface area contributed by atoms with Gasteiger partial charge in [0.25, 0.3) is 0 Å². The fourth-order valence-corrected chi connectivity index (χ4v) is 3.00. The molecule has 3 heteroatoms. The molecule has 1 aromatic rings. The molecule has 86 valence electrons. The summed E-state index contributed by atoms with van der Waals surface area (Å²) in [5.74, 6) is 1.38. The van der Waals surface area contributed by atoms with Gasteiger partial charge in [-0.1, -0.05) is 6.08 Å². The Hall–Kier alpha value is -1.66. The van der Waals surface area contributed by atoms with Crippen molar-refractivity contribution in [2.75, 3.05) is 13.1 Å². The van der Waals surface area contributed by atoms with Crippen molar-refractivity contribution >= 4 is 5.57 Å². The molecule has 1 aromatic heterocycles. The number of rotatable bonds is 1. The fraction of sp³-hybridized carbons (Fsp3) is 0.429. The first-order valence-electron chi connectivity index (χ1n) is 6.15. The van der Waals surface area contributed by atoms with Gasteiger partial charge in [0, 0.05) is 24.9 Å². The van der Waals surface area contributed by atoms with Crippen molar-refractivity contribution in [2.24, 2.45) is 11.8 Å². The second kappa shape index (κ2) is 4.31. The normalized spacial score (nSPS) is 27.1. The highest BCUT2D eigenvalue weighted by atomic mass is 14.9. The van der Waals surface area contributed by atoms with Gasteiger partial charge in [0.15, 0.2) is 0 Å². The molecule has 0 spiro atoms. The minimum absolute atomic E-state index is 0.611. The third-order valence-electron chi connectivity index (χ3n) is 3.84. The van der Waals surface area contributed by atoms with E-state index in [0.717, 1.165) is 31.0 Å². The summed E-state index contributed by atoms with van der Waals surface area (Å²) in [5.41, 5.74) is 3.16. The molecule has 2 atom stereocenters. The fourth-order valence-electron chi connectivity index (χ4n) is 3.00. The number of nitrogens with zero attached hydrogens (tertiary/aromatic N) is 2. The molecule has 1 saturated heterocycles. The zero-order valence-electron chi connectivity index (χ0n) is 9.69. The summed E-state index contributed by atoms with van der Waals surface area (Å²) in [6, 6.07) is 4.12. The second-order valence-corrected chi connectivity index (χ2v) is 4.84. The van der Waals surface area contributed by atoms with Crippen LogP contribution in [-0.4, -0.2) is 18.1 Å². The van der Waals surface area contributed by atoms with Crippen LogP contribution in [0, 0.1) is 23.2 Å². The first-order valence-corrected chi connectivity index (χ1v) is 6.15. The van der Waals surface area contributed by atoms with Crippen LogP contribution in [0.1, 0.15) is 24.0 Å². The molecule has 1 N–H and O–H groups in total. The lowest BCUT2D eigenvalue weighted by Crippen LogP contribution is -2.18. The maximum absolute atomic E-state index is 8.93. The van der Waals surface area contributed by atoms with Crippen LogP contribution in [0.3, 0.4) is 0 Å². The van der Waals surface area contributed by atoms with Crippen LogP contribution >= 0.6 is 0 Å². The highest BCUT2D eigenvalue weighted by Gasteiger charge is 2.32. The summed E-state index contributed by atoms with van der Waals surface area (Å²) >= 11 is 0. The first kappa shape index (κ1) is 10.5. The van der Waals surface area contributed by atoms with Gasteiger partial charge in [0.2, 0.25) is 0 Å². The van der Waals surface area contributed by atoms with Gasteiger partial charge < -0.3 is 5.32 Å². The molecule has 2 heterocycles. The number of pyridine rings is 1. The summed E-state index contributed by atoms with van der Waals surface area (Å²) in [6.45, 7) is 2.20. The third kappa shape index (κ3) is 1.85. The van der Waals surface area contributed by atoms with E-state index in [4.69, 9.17) is 5.26 Å². The highest BCUT2D eigenvalue weighted by Crippen LogP contribution is 2.38. The van der Waals surface area contributed by atoms with Crippen molar-refractivity contribution < 1.29 is 0 Å². The van der Waals surface area contributed by atoms with Gasteiger partial charge in [-0.15, -0.1) is 0 Å². The number of nitriles is 1. The molecule has 0 aromatic carbocycles. The molecule has 3 rings (SSSR count). The van der Waals surface area contributed by atoms with Crippen molar-refractivity contribution in [3.63, 3.8) is 0 Å². The van der Waals surface area contributed by atoms with Crippen LogP contribution in [0.15, 0.2) is 24.5 Å². The smallest absolute Gasteiger partial charge is 0.101 e. The number of aromatic nitrogens is 1. The number of hydrogen-bond acceptors (Lipinski definition) is 3. The van der Waals surface area contributed by atoms with Crippen LogP contribution in [0.4, 0.5) is 0 Å². The quantitative estimate of drug-likeness (QED) is 0.795. The van der Waals surface area contributed by atoms with Crippen LogP contribution in [-0.2, 0) is 0 Å². The minimum Gasteiger partial charge on any atom is -0.316 e. The van der Waals surface area contributed by atoms with Gasteiger partial charge >= 0.3 is 0 Å². The van der Waals surface area contributed by atoms with Crippen LogP contribution < -0.4 is 5.32 Å². The molecule has 1 aliphatic heterocycles. The Bertz CT molecular complexity index is 498.